The standard InChI is InChI=1S/C12H14ClNO2/c13-9-3-5-10(6-4-9)14-12(11(15)16)7-1-2-8-12/h3-6,14H,1-2,7-8H2,(H,15,16)/p-1. The van der Waals surface area contributed by atoms with Gasteiger partial charge in [0.05, 0.1) is 11.5 Å². The fourth-order valence-electron chi connectivity index (χ4n) is 2.17. The highest BCUT2D eigenvalue weighted by atomic mass is 35.5. The third-order valence-corrected chi connectivity index (χ3v) is 3.33. The fourth-order valence-corrected chi connectivity index (χ4v) is 2.29. The van der Waals surface area contributed by atoms with Gasteiger partial charge in [-0.15, -0.1) is 0 Å². The lowest BCUT2D eigenvalue weighted by Gasteiger charge is -2.32. The molecular formula is C12H13ClNO2-. The maximum atomic E-state index is 11.2. The number of carboxylic acids is 1. The summed E-state index contributed by atoms with van der Waals surface area (Å²) >= 11 is 5.77. The van der Waals surface area contributed by atoms with Crippen molar-refractivity contribution in [1.82, 2.24) is 0 Å². The Hall–Kier alpha value is -1.22. The second-order valence-corrected chi connectivity index (χ2v) is 4.64. The molecule has 1 aliphatic rings. The first-order valence-electron chi connectivity index (χ1n) is 5.38. The molecule has 1 fully saturated rings. The third kappa shape index (κ3) is 2.14. The average Bonchev–Trinajstić information content (AvgIpc) is 2.71. The predicted molar refractivity (Wildman–Crippen MR) is 61.3 cm³/mol. The van der Waals surface area contributed by atoms with Crippen molar-refractivity contribution in [1.29, 1.82) is 0 Å². The molecule has 1 N–H and O–H groups in total. The summed E-state index contributed by atoms with van der Waals surface area (Å²) in [7, 11) is 0. The van der Waals surface area contributed by atoms with Crippen LogP contribution < -0.4 is 10.4 Å². The molecule has 4 heteroatoms. The van der Waals surface area contributed by atoms with E-state index in [0.29, 0.717) is 17.9 Å². The van der Waals surface area contributed by atoms with Crippen LogP contribution in [0.2, 0.25) is 5.02 Å². The van der Waals surface area contributed by atoms with Crippen molar-refractivity contribution >= 4 is 23.3 Å². The Morgan fingerprint density at radius 1 is 1.25 bits per heavy atom. The van der Waals surface area contributed by atoms with Gasteiger partial charge in [-0.1, -0.05) is 24.4 Å². The zero-order chi connectivity index (χ0) is 11.6. The topological polar surface area (TPSA) is 52.2 Å². The van der Waals surface area contributed by atoms with E-state index in [9.17, 15) is 9.90 Å². The molecule has 0 aromatic heterocycles. The molecule has 86 valence electrons. The van der Waals surface area contributed by atoms with Crippen molar-refractivity contribution in [3.8, 4) is 0 Å². The normalized spacial score (nSPS) is 18.3. The minimum Gasteiger partial charge on any atom is -0.548 e. The molecule has 1 aromatic carbocycles. The number of carbonyl (C=O) groups is 1. The van der Waals surface area contributed by atoms with Gasteiger partial charge in [-0.3, -0.25) is 0 Å². The molecular weight excluding hydrogens is 226 g/mol. The van der Waals surface area contributed by atoms with E-state index < -0.39 is 11.5 Å². The van der Waals surface area contributed by atoms with Crippen molar-refractivity contribution in [2.24, 2.45) is 0 Å². The average molecular weight is 239 g/mol. The molecule has 1 aromatic rings. The number of aliphatic carboxylic acids is 1. The Bertz CT molecular complexity index is 383. The van der Waals surface area contributed by atoms with Crippen molar-refractivity contribution in [3.05, 3.63) is 29.3 Å². The summed E-state index contributed by atoms with van der Waals surface area (Å²) in [6.07, 6.45) is 3.10. The van der Waals surface area contributed by atoms with Crippen LogP contribution >= 0.6 is 11.6 Å². The largest absolute Gasteiger partial charge is 0.548 e. The van der Waals surface area contributed by atoms with Crippen LogP contribution in [-0.2, 0) is 4.79 Å². The molecule has 0 saturated heterocycles. The minimum absolute atomic E-state index is 0.623. The van der Waals surface area contributed by atoms with Crippen LogP contribution in [0.4, 0.5) is 5.69 Å². The number of carbonyl (C=O) groups excluding carboxylic acids is 1. The maximum absolute atomic E-state index is 11.2. The summed E-state index contributed by atoms with van der Waals surface area (Å²) in [6.45, 7) is 0. The molecule has 1 saturated carbocycles. The molecule has 2 rings (SSSR count). The number of anilines is 1. The van der Waals surface area contributed by atoms with E-state index in [1.165, 1.54) is 0 Å². The zero-order valence-corrected chi connectivity index (χ0v) is 9.59. The van der Waals surface area contributed by atoms with Crippen molar-refractivity contribution in [3.63, 3.8) is 0 Å². The van der Waals surface area contributed by atoms with Gasteiger partial charge in [0.1, 0.15) is 0 Å². The summed E-state index contributed by atoms with van der Waals surface area (Å²) in [5, 5.41) is 14.9. The highest BCUT2D eigenvalue weighted by Crippen LogP contribution is 2.33. The summed E-state index contributed by atoms with van der Waals surface area (Å²) in [5.74, 6) is -1.01. The van der Waals surface area contributed by atoms with Gasteiger partial charge in [-0.05, 0) is 37.1 Å². The molecule has 0 atom stereocenters. The summed E-state index contributed by atoms with van der Waals surface area (Å²) in [6, 6.07) is 7.04. The van der Waals surface area contributed by atoms with Gasteiger partial charge < -0.3 is 15.2 Å². The fraction of sp³-hybridized carbons (Fsp3) is 0.417. The van der Waals surface area contributed by atoms with Gasteiger partial charge in [0.15, 0.2) is 0 Å². The Morgan fingerprint density at radius 3 is 2.31 bits per heavy atom. The lowest BCUT2D eigenvalue weighted by Crippen LogP contribution is -2.52. The highest BCUT2D eigenvalue weighted by Gasteiger charge is 2.35. The molecule has 0 radical (unpaired) electrons. The highest BCUT2D eigenvalue weighted by molar-refractivity contribution is 6.30. The van der Waals surface area contributed by atoms with Crippen LogP contribution in [0, 0.1) is 0 Å². The number of hydrogen-bond donors (Lipinski definition) is 1. The molecule has 16 heavy (non-hydrogen) atoms. The number of rotatable bonds is 3. The van der Waals surface area contributed by atoms with Gasteiger partial charge in [0.25, 0.3) is 0 Å². The van der Waals surface area contributed by atoms with Crippen molar-refractivity contribution in [2.45, 2.75) is 31.2 Å². The molecule has 0 heterocycles. The Labute approximate surface area is 99.4 Å². The van der Waals surface area contributed by atoms with Crippen LogP contribution in [0.3, 0.4) is 0 Å². The lowest BCUT2D eigenvalue weighted by atomic mass is 9.97. The number of benzene rings is 1. The van der Waals surface area contributed by atoms with Crippen LogP contribution in [0.5, 0.6) is 0 Å². The molecule has 0 spiro atoms. The van der Waals surface area contributed by atoms with Gasteiger partial charge in [-0.2, -0.15) is 0 Å². The number of carboxylic acid groups (broad SMARTS) is 1. The zero-order valence-electron chi connectivity index (χ0n) is 8.83. The van der Waals surface area contributed by atoms with Gasteiger partial charge >= 0.3 is 0 Å². The van der Waals surface area contributed by atoms with E-state index in [4.69, 9.17) is 11.6 Å². The number of halogens is 1. The first-order chi connectivity index (χ1) is 7.62. The Balaban J connectivity index is 2.18. The number of nitrogens with one attached hydrogen (secondary N) is 1. The van der Waals surface area contributed by atoms with Gasteiger partial charge in [0, 0.05) is 10.7 Å². The van der Waals surface area contributed by atoms with Crippen LogP contribution in [0.1, 0.15) is 25.7 Å². The molecule has 1 aliphatic carbocycles. The molecule has 0 bridgehead atoms. The molecule has 0 amide bonds. The van der Waals surface area contributed by atoms with Crippen LogP contribution in [0.15, 0.2) is 24.3 Å². The van der Waals surface area contributed by atoms with Crippen LogP contribution in [0.25, 0.3) is 0 Å². The molecule has 3 nitrogen and oxygen atoms in total. The quantitative estimate of drug-likeness (QED) is 0.874. The van der Waals surface area contributed by atoms with Crippen molar-refractivity contribution in [2.75, 3.05) is 5.32 Å². The number of hydrogen-bond acceptors (Lipinski definition) is 3. The van der Waals surface area contributed by atoms with E-state index in [2.05, 4.69) is 5.32 Å². The maximum Gasteiger partial charge on any atom is 0.0769 e. The summed E-state index contributed by atoms with van der Waals surface area (Å²) in [5.41, 5.74) is -0.121. The van der Waals surface area contributed by atoms with Crippen molar-refractivity contribution < 1.29 is 9.90 Å². The monoisotopic (exact) mass is 238 g/mol. The Morgan fingerprint density at radius 2 is 1.81 bits per heavy atom. The smallest absolute Gasteiger partial charge is 0.0769 e. The van der Waals surface area contributed by atoms with E-state index in [1.807, 2.05) is 0 Å². The third-order valence-electron chi connectivity index (χ3n) is 3.08. The van der Waals surface area contributed by atoms with E-state index in [1.54, 1.807) is 24.3 Å². The second kappa shape index (κ2) is 4.34. The van der Waals surface area contributed by atoms with E-state index in [0.717, 1.165) is 18.5 Å². The van der Waals surface area contributed by atoms with Gasteiger partial charge in [0.2, 0.25) is 0 Å². The summed E-state index contributed by atoms with van der Waals surface area (Å²) < 4.78 is 0. The molecule has 0 unspecified atom stereocenters. The van der Waals surface area contributed by atoms with Crippen LogP contribution in [-0.4, -0.2) is 11.5 Å². The lowest BCUT2D eigenvalue weighted by molar-refractivity contribution is -0.311. The first kappa shape index (κ1) is 11.3. The van der Waals surface area contributed by atoms with Gasteiger partial charge in [-0.25, -0.2) is 0 Å². The first-order valence-corrected chi connectivity index (χ1v) is 5.75. The Kier molecular flexibility index (Phi) is 3.06. The molecule has 0 aliphatic heterocycles. The van der Waals surface area contributed by atoms with E-state index >= 15 is 0 Å². The van der Waals surface area contributed by atoms with E-state index in [-0.39, 0.29) is 0 Å². The second-order valence-electron chi connectivity index (χ2n) is 4.21. The minimum atomic E-state index is -1.01. The summed E-state index contributed by atoms with van der Waals surface area (Å²) in [4.78, 5) is 11.2. The SMILES string of the molecule is O=C([O-])C1(Nc2ccc(Cl)cc2)CCCC1. The predicted octanol–water partition coefficient (Wildman–Crippen LogP) is 1.81.